The highest BCUT2D eigenvalue weighted by Gasteiger charge is 2.71. The highest BCUT2D eigenvalue weighted by atomic mass is 16.3. The van der Waals surface area contributed by atoms with Crippen LogP contribution >= 0.6 is 0 Å². The molecule has 0 heterocycles. The van der Waals surface area contributed by atoms with Crippen LogP contribution in [0.15, 0.2) is 11.6 Å². The minimum Gasteiger partial charge on any atom is -0.392 e. The molecular weight excluding hydrogens is 452 g/mol. The Hall–Kier alpha value is -0.870. The number of ketones is 1. The van der Waals surface area contributed by atoms with Gasteiger partial charge in [0.05, 0.1) is 41.2 Å². The second-order valence-electron chi connectivity index (χ2n) is 13.3. The molecule has 3 saturated carbocycles. The molecular formula is C27H44O8. The van der Waals surface area contributed by atoms with Crippen LogP contribution in [0, 0.1) is 28.6 Å². The van der Waals surface area contributed by atoms with E-state index in [1.54, 1.807) is 20.8 Å². The molecule has 4 aliphatic rings. The van der Waals surface area contributed by atoms with Crippen molar-refractivity contribution in [1.29, 1.82) is 0 Å². The summed E-state index contributed by atoms with van der Waals surface area (Å²) in [6.45, 7) is 8.52. The van der Waals surface area contributed by atoms with E-state index in [2.05, 4.69) is 0 Å². The molecule has 0 aromatic rings. The molecule has 35 heavy (non-hydrogen) atoms. The summed E-state index contributed by atoms with van der Waals surface area (Å²) in [5.41, 5.74) is -5.42. The van der Waals surface area contributed by atoms with Gasteiger partial charge in [-0.1, -0.05) is 13.8 Å². The molecule has 0 radical (unpaired) electrons. The number of hydrogen-bond acceptors (Lipinski definition) is 8. The maximum Gasteiger partial charge on any atom is 0.159 e. The first-order valence-corrected chi connectivity index (χ1v) is 13.0. The molecule has 0 aliphatic heterocycles. The van der Waals surface area contributed by atoms with E-state index in [-0.39, 0.29) is 44.3 Å². The maximum absolute atomic E-state index is 13.3. The van der Waals surface area contributed by atoms with Crippen molar-refractivity contribution in [2.75, 3.05) is 0 Å². The Morgan fingerprint density at radius 1 is 1.06 bits per heavy atom. The van der Waals surface area contributed by atoms with E-state index in [1.807, 2.05) is 13.8 Å². The van der Waals surface area contributed by atoms with E-state index >= 15 is 0 Å². The second kappa shape index (κ2) is 8.32. The average Bonchev–Trinajstić information content (AvgIpc) is 2.99. The van der Waals surface area contributed by atoms with Crippen LogP contribution in [0.5, 0.6) is 0 Å². The molecule has 8 heteroatoms. The summed E-state index contributed by atoms with van der Waals surface area (Å²) in [5.74, 6) is -1.89. The fourth-order valence-electron chi connectivity index (χ4n) is 8.44. The summed E-state index contributed by atoms with van der Waals surface area (Å²) in [6.07, 6.45) is -1.08. The van der Waals surface area contributed by atoms with E-state index in [0.717, 1.165) is 0 Å². The van der Waals surface area contributed by atoms with E-state index in [0.29, 0.717) is 12.0 Å². The van der Waals surface area contributed by atoms with Crippen LogP contribution in [0.25, 0.3) is 0 Å². The molecule has 7 N–H and O–H groups in total. The Bertz CT molecular complexity index is 892. The molecule has 4 rings (SSSR count). The van der Waals surface area contributed by atoms with Gasteiger partial charge in [0.25, 0.3) is 0 Å². The molecule has 3 fully saturated rings. The van der Waals surface area contributed by atoms with Gasteiger partial charge in [0.15, 0.2) is 5.78 Å². The van der Waals surface area contributed by atoms with Crippen LogP contribution in [0.2, 0.25) is 0 Å². The van der Waals surface area contributed by atoms with Gasteiger partial charge in [0, 0.05) is 17.3 Å². The zero-order chi connectivity index (χ0) is 26.4. The zero-order valence-corrected chi connectivity index (χ0v) is 21.6. The standard InChI is InChI=1S/C27H44O8/c1-23(2,33)8-7-21(32)26(5,34)20-6-9-27(35)15-11-16(28)14-10-17(29)18(30)12-24(14,3)22(15)19(31)13-25(20,27)4/h11,14,17-22,29-35H,6-10,12-13H2,1-5H3/t14-,17+,18-,19+,20-,21+,22+,24-,25+,26+,27?/m0/s1. The van der Waals surface area contributed by atoms with Gasteiger partial charge in [-0.15, -0.1) is 0 Å². The Balaban J connectivity index is 1.71. The summed E-state index contributed by atoms with van der Waals surface area (Å²) in [6, 6.07) is 0. The summed E-state index contributed by atoms with van der Waals surface area (Å²) in [5, 5.41) is 77.0. The minimum absolute atomic E-state index is 0.115. The van der Waals surface area contributed by atoms with Crippen LogP contribution in [-0.2, 0) is 4.79 Å². The topological polar surface area (TPSA) is 159 Å². The number of hydrogen-bond donors (Lipinski definition) is 7. The number of fused-ring (bicyclic) bond motifs is 5. The van der Waals surface area contributed by atoms with Crippen molar-refractivity contribution in [2.45, 2.75) is 121 Å². The summed E-state index contributed by atoms with van der Waals surface area (Å²) in [4.78, 5) is 13.3. The van der Waals surface area contributed by atoms with Gasteiger partial charge < -0.3 is 35.7 Å². The van der Waals surface area contributed by atoms with Crippen molar-refractivity contribution in [3.63, 3.8) is 0 Å². The number of aliphatic hydroxyl groups is 7. The predicted molar refractivity (Wildman–Crippen MR) is 128 cm³/mol. The van der Waals surface area contributed by atoms with Gasteiger partial charge in [-0.05, 0) is 88.7 Å². The van der Waals surface area contributed by atoms with Gasteiger partial charge in [-0.25, -0.2) is 0 Å². The maximum atomic E-state index is 13.3. The lowest BCUT2D eigenvalue weighted by Crippen LogP contribution is -2.66. The first-order valence-electron chi connectivity index (χ1n) is 13.0. The molecule has 0 bridgehead atoms. The van der Waals surface area contributed by atoms with E-state index in [9.17, 15) is 40.5 Å². The van der Waals surface area contributed by atoms with Gasteiger partial charge in [0.1, 0.15) is 0 Å². The molecule has 200 valence electrons. The predicted octanol–water partition coefficient (Wildman–Crippen LogP) is 0.825. The van der Waals surface area contributed by atoms with E-state index in [1.165, 1.54) is 6.08 Å². The quantitative estimate of drug-likeness (QED) is 0.295. The summed E-state index contributed by atoms with van der Waals surface area (Å²) in [7, 11) is 0. The number of aliphatic hydroxyl groups excluding tert-OH is 4. The largest absolute Gasteiger partial charge is 0.392 e. The van der Waals surface area contributed by atoms with Crippen LogP contribution in [0.4, 0.5) is 0 Å². The van der Waals surface area contributed by atoms with E-state index in [4.69, 9.17) is 0 Å². The normalized spacial score (nSPS) is 48.3. The highest BCUT2D eigenvalue weighted by molar-refractivity contribution is 5.95. The highest BCUT2D eigenvalue weighted by Crippen LogP contribution is 2.68. The number of carbonyl (C=O) groups excluding carboxylic acids is 1. The van der Waals surface area contributed by atoms with Crippen molar-refractivity contribution in [1.82, 2.24) is 0 Å². The molecule has 11 atom stereocenters. The molecule has 4 aliphatic carbocycles. The summed E-state index contributed by atoms with van der Waals surface area (Å²) >= 11 is 0. The zero-order valence-electron chi connectivity index (χ0n) is 21.6. The number of rotatable bonds is 5. The summed E-state index contributed by atoms with van der Waals surface area (Å²) < 4.78 is 0. The van der Waals surface area contributed by atoms with Crippen molar-refractivity contribution in [2.24, 2.45) is 28.6 Å². The smallest absolute Gasteiger partial charge is 0.159 e. The molecule has 8 nitrogen and oxygen atoms in total. The third-order valence-electron chi connectivity index (χ3n) is 10.5. The van der Waals surface area contributed by atoms with Gasteiger partial charge in [0.2, 0.25) is 0 Å². The lowest BCUT2D eigenvalue weighted by Gasteiger charge is -2.62. The lowest BCUT2D eigenvalue weighted by atomic mass is 9.45. The minimum atomic E-state index is -1.59. The Labute approximate surface area is 207 Å². The molecule has 0 aromatic heterocycles. The van der Waals surface area contributed by atoms with E-state index < -0.39 is 69.8 Å². The average molecular weight is 497 g/mol. The SMILES string of the molecule is CC(C)(O)CC[C@@H](O)[C@](C)(O)[C@H]1CCC2(O)C3=CC(=O)[C@@H]4C[C@@H](O)[C@@H](O)C[C@]4(C)[C@H]3[C@H](O)C[C@]12C. The third kappa shape index (κ3) is 3.95. The molecule has 0 spiro atoms. The van der Waals surface area contributed by atoms with Crippen molar-refractivity contribution >= 4 is 5.78 Å². The van der Waals surface area contributed by atoms with Crippen LogP contribution in [-0.4, -0.2) is 82.7 Å². The monoisotopic (exact) mass is 496 g/mol. The fourth-order valence-corrected chi connectivity index (χ4v) is 8.44. The third-order valence-corrected chi connectivity index (χ3v) is 10.5. The Morgan fingerprint density at radius 2 is 1.69 bits per heavy atom. The molecule has 0 saturated heterocycles. The van der Waals surface area contributed by atoms with Crippen LogP contribution < -0.4 is 0 Å². The first kappa shape index (κ1) is 27.2. The Morgan fingerprint density at radius 3 is 2.29 bits per heavy atom. The van der Waals surface area contributed by atoms with Gasteiger partial charge in [-0.3, -0.25) is 4.79 Å². The molecule has 0 aromatic carbocycles. The van der Waals surface area contributed by atoms with Gasteiger partial charge in [-0.2, -0.15) is 0 Å². The van der Waals surface area contributed by atoms with Gasteiger partial charge >= 0.3 is 0 Å². The fraction of sp³-hybridized carbons (Fsp3) is 0.889. The van der Waals surface area contributed by atoms with Crippen LogP contribution in [0.1, 0.15) is 79.6 Å². The molecule has 0 amide bonds. The van der Waals surface area contributed by atoms with Crippen molar-refractivity contribution in [3.05, 3.63) is 11.6 Å². The molecule has 1 unspecified atom stereocenters. The second-order valence-corrected chi connectivity index (χ2v) is 13.3. The van der Waals surface area contributed by atoms with Crippen LogP contribution in [0.3, 0.4) is 0 Å². The first-order chi connectivity index (χ1) is 15.9. The lowest BCUT2D eigenvalue weighted by molar-refractivity contribution is -0.197. The Kier molecular flexibility index (Phi) is 6.46. The number of allylic oxidation sites excluding steroid dienone is 1. The van der Waals surface area contributed by atoms with Crippen molar-refractivity contribution < 1.29 is 40.5 Å². The number of carbonyl (C=O) groups is 1. The van der Waals surface area contributed by atoms with Crippen molar-refractivity contribution in [3.8, 4) is 0 Å².